The molecule has 0 N–H and O–H groups in total. The molecular weight excluding hydrogens is 206 g/mol. The predicted molar refractivity (Wildman–Crippen MR) is 73.5 cm³/mol. The number of hydrogen-bond acceptors (Lipinski definition) is 1. The zero-order chi connectivity index (χ0) is 11.5. The molecule has 1 atom stereocenters. The van der Waals surface area contributed by atoms with Gasteiger partial charge in [-0.1, -0.05) is 30.4 Å². The van der Waals surface area contributed by atoms with Gasteiger partial charge in [-0.25, -0.2) is 0 Å². The van der Waals surface area contributed by atoms with Crippen LogP contribution in [0.1, 0.15) is 37.7 Å². The van der Waals surface area contributed by atoms with Gasteiger partial charge in [-0.3, -0.25) is 0 Å². The van der Waals surface area contributed by atoms with E-state index >= 15 is 0 Å². The first kappa shape index (κ1) is 10.9. The lowest BCUT2D eigenvalue weighted by molar-refractivity contribution is 0.578. The van der Waals surface area contributed by atoms with Crippen LogP contribution >= 0.6 is 0 Å². The Bertz CT molecular complexity index is 408. The SMILES string of the molecule is C1=CC(N2CCCCc3ccccc32)CCC1. The minimum Gasteiger partial charge on any atom is -0.365 e. The summed E-state index contributed by atoms with van der Waals surface area (Å²) in [6.07, 6.45) is 12.6. The van der Waals surface area contributed by atoms with E-state index in [0.717, 1.165) is 0 Å². The van der Waals surface area contributed by atoms with E-state index in [0.29, 0.717) is 6.04 Å². The number of rotatable bonds is 1. The Labute approximate surface area is 104 Å². The molecule has 3 rings (SSSR count). The van der Waals surface area contributed by atoms with Crippen LogP contribution in [0.4, 0.5) is 5.69 Å². The van der Waals surface area contributed by atoms with Crippen LogP contribution in [0.15, 0.2) is 36.4 Å². The highest BCUT2D eigenvalue weighted by Crippen LogP contribution is 2.30. The lowest BCUT2D eigenvalue weighted by Crippen LogP contribution is -2.35. The molecule has 0 spiro atoms. The number of aryl methyl sites for hydroxylation is 1. The van der Waals surface area contributed by atoms with E-state index in [1.165, 1.54) is 50.8 Å². The number of nitrogens with zero attached hydrogens (tertiary/aromatic N) is 1. The molecule has 0 saturated carbocycles. The smallest absolute Gasteiger partial charge is 0.0473 e. The Kier molecular flexibility index (Phi) is 3.17. The van der Waals surface area contributed by atoms with Gasteiger partial charge in [-0.15, -0.1) is 0 Å². The standard InChI is InChI=1S/C16H21N/c1-2-10-15(11-3-1)17-13-7-6-9-14-8-4-5-12-16(14)17/h2,4-5,8,10,12,15H,1,3,6-7,9,11,13H2. The molecule has 0 bridgehead atoms. The number of anilines is 1. The third kappa shape index (κ3) is 2.24. The Hall–Kier alpha value is -1.24. The fourth-order valence-corrected chi connectivity index (χ4v) is 3.12. The van der Waals surface area contributed by atoms with E-state index in [-0.39, 0.29) is 0 Å². The average Bonchev–Trinajstić information content (AvgIpc) is 2.62. The molecule has 2 aliphatic rings. The monoisotopic (exact) mass is 227 g/mol. The second kappa shape index (κ2) is 4.95. The fraction of sp³-hybridized carbons (Fsp3) is 0.500. The van der Waals surface area contributed by atoms with E-state index in [2.05, 4.69) is 41.3 Å². The first-order chi connectivity index (χ1) is 8.45. The molecule has 0 aromatic heterocycles. The van der Waals surface area contributed by atoms with E-state index in [4.69, 9.17) is 0 Å². The first-order valence-corrected chi connectivity index (χ1v) is 6.96. The third-order valence-corrected chi connectivity index (χ3v) is 4.03. The normalized spacial score (nSPS) is 24.2. The van der Waals surface area contributed by atoms with Crippen LogP contribution in [-0.4, -0.2) is 12.6 Å². The van der Waals surface area contributed by atoms with Gasteiger partial charge in [0.15, 0.2) is 0 Å². The molecule has 1 heteroatoms. The number of benzene rings is 1. The predicted octanol–water partition coefficient (Wildman–Crippen LogP) is 3.94. The summed E-state index contributed by atoms with van der Waals surface area (Å²) in [6, 6.07) is 9.62. The van der Waals surface area contributed by atoms with Crippen molar-refractivity contribution in [2.24, 2.45) is 0 Å². The Balaban J connectivity index is 1.93. The summed E-state index contributed by atoms with van der Waals surface area (Å²) in [5.74, 6) is 0. The number of fused-ring (bicyclic) bond motifs is 1. The molecule has 17 heavy (non-hydrogen) atoms. The fourth-order valence-electron chi connectivity index (χ4n) is 3.12. The first-order valence-electron chi connectivity index (χ1n) is 6.96. The maximum atomic E-state index is 2.64. The van der Waals surface area contributed by atoms with Crippen molar-refractivity contribution in [1.82, 2.24) is 0 Å². The van der Waals surface area contributed by atoms with Crippen LogP contribution in [0.25, 0.3) is 0 Å². The molecule has 1 unspecified atom stereocenters. The van der Waals surface area contributed by atoms with Crippen molar-refractivity contribution in [2.75, 3.05) is 11.4 Å². The zero-order valence-electron chi connectivity index (χ0n) is 10.4. The average molecular weight is 227 g/mol. The van der Waals surface area contributed by atoms with Gasteiger partial charge in [0.2, 0.25) is 0 Å². The summed E-state index contributed by atoms with van der Waals surface area (Å²) in [5, 5.41) is 0. The van der Waals surface area contributed by atoms with Crippen molar-refractivity contribution in [3.05, 3.63) is 42.0 Å². The van der Waals surface area contributed by atoms with E-state index in [1.807, 2.05) is 0 Å². The summed E-state index contributed by atoms with van der Waals surface area (Å²) >= 11 is 0. The summed E-state index contributed by atoms with van der Waals surface area (Å²) in [6.45, 7) is 1.23. The maximum Gasteiger partial charge on any atom is 0.0473 e. The van der Waals surface area contributed by atoms with Crippen molar-refractivity contribution >= 4 is 5.69 Å². The molecular formula is C16H21N. The topological polar surface area (TPSA) is 3.24 Å². The van der Waals surface area contributed by atoms with Crippen LogP contribution in [0.5, 0.6) is 0 Å². The number of para-hydroxylation sites is 1. The van der Waals surface area contributed by atoms with Crippen molar-refractivity contribution in [3.63, 3.8) is 0 Å². The number of hydrogen-bond donors (Lipinski definition) is 0. The zero-order valence-corrected chi connectivity index (χ0v) is 10.4. The van der Waals surface area contributed by atoms with Gasteiger partial charge in [0, 0.05) is 18.3 Å². The van der Waals surface area contributed by atoms with Gasteiger partial charge in [0.25, 0.3) is 0 Å². The van der Waals surface area contributed by atoms with Crippen molar-refractivity contribution in [1.29, 1.82) is 0 Å². The van der Waals surface area contributed by atoms with Crippen LogP contribution in [0, 0.1) is 0 Å². The molecule has 1 nitrogen and oxygen atoms in total. The molecule has 90 valence electrons. The van der Waals surface area contributed by atoms with Crippen molar-refractivity contribution < 1.29 is 0 Å². The minimum absolute atomic E-state index is 0.642. The van der Waals surface area contributed by atoms with Crippen LogP contribution in [0.3, 0.4) is 0 Å². The Morgan fingerprint density at radius 2 is 2.00 bits per heavy atom. The van der Waals surface area contributed by atoms with E-state index in [1.54, 1.807) is 5.56 Å². The van der Waals surface area contributed by atoms with Gasteiger partial charge >= 0.3 is 0 Å². The Morgan fingerprint density at radius 3 is 2.88 bits per heavy atom. The number of allylic oxidation sites excluding steroid dienone is 1. The largest absolute Gasteiger partial charge is 0.365 e. The molecule has 1 aliphatic carbocycles. The molecule has 1 heterocycles. The van der Waals surface area contributed by atoms with Gasteiger partial charge in [-0.05, 0) is 50.2 Å². The maximum absolute atomic E-state index is 2.64. The second-order valence-electron chi connectivity index (χ2n) is 5.21. The lowest BCUT2D eigenvalue weighted by Gasteiger charge is -2.33. The summed E-state index contributed by atoms with van der Waals surface area (Å²) < 4.78 is 0. The van der Waals surface area contributed by atoms with Crippen molar-refractivity contribution in [3.8, 4) is 0 Å². The summed E-state index contributed by atoms with van der Waals surface area (Å²) in [4.78, 5) is 2.64. The quantitative estimate of drug-likeness (QED) is 0.657. The lowest BCUT2D eigenvalue weighted by atomic mass is 10.00. The summed E-state index contributed by atoms with van der Waals surface area (Å²) in [5.41, 5.74) is 3.03. The van der Waals surface area contributed by atoms with Gasteiger partial charge < -0.3 is 4.90 Å². The second-order valence-corrected chi connectivity index (χ2v) is 5.21. The molecule has 0 fully saturated rings. The molecule has 1 aromatic carbocycles. The molecule has 1 aromatic rings. The van der Waals surface area contributed by atoms with E-state index in [9.17, 15) is 0 Å². The highest BCUT2D eigenvalue weighted by atomic mass is 15.2. The van der Waals surface area contributed by atoms with Gasteiger partial charge in [-0.2, -0.15) is 0 Å². The molecule has 1 aliphatic heterocycles. The van der Waals surface area contributed by atoms with Crippen LogP contribution in [0.2, 0.25) is 0 Å². The van der Waals surface area contributed by atoms with Gasteiger partial charge in [0.1, 0.15) is 0 Å². The highest BCUT2D eigenvalue weighted by Gasteiger charge is 2.21. The van der Waals surface area contributed by atoms with Crippen molar-refractivity contribution in [2.45, 2.75) is 44.6 Å². The van der Waals surface area contributed by atoms with Gasteiger partial charge in [0.05, 0.1) is 0 Å². The summed E-state index contributed by atoms with van der Waals surface area (Å²) in [7, 11) is 0. The highest BCUT2D eigenvalue weighted by molar-refractivity contribution is 5.56. The molecule has 0 saturated heterocycles. The molecule has 0 radical (unpaired) electrons. The molecule has 0 amide bonds. The third-order valence-electron chi connectivity index (χ3n) is 4.03. The minimum atomic E-state index is 0.642. The van der Waals surface area contributed by atoms with Crippen LogP contribution in [-0.2, 0) is 6.42 Å². The van der Waals surface area contributed by atoms with E-state index < -0.39 is 0 Å². The Morgan fingerprint density at radius 1 is 1.06 bits per heavy atom. The van der Waals surface area contributed by atoms with Crippen LogP contribution < -0.4 is 4.90 Å².